The van der Waals surface area contributed by atoms with Crippen molar-refractivity contribution in [1.82, 2.24) is 9.72 Å². The van der Waals surface area contributed by atoms with Gasteiger partial charge in [-0.2, -0.15) is 0 Å². The third kappa shape index (κ3) is 2.09. The number of nitrogens with zero attached hydrogens (tertiary/aromatic N) is 2. The van der Waals surface area contributed by atoms with E-state index in [0.717, 1.165) is 16.5 Å². The van der Waals surface area contributed by atoms with Gasteiger partial charge in [0.15, 0.2) is 11.5 Å². The molecule has 1 N–H and O–H groups in total. The van der Waals surface area contributed by atoms with Gasteiger partial charge in [-0.15, -0.1) is 0 Å². The molecule has 0 aliphatic heterocycles. The highest BCUT2D eigenvalue weighted by molar-refractivity contribution is 6.09. The van der Waals surface area contributed by atoms with Crippen molar-refractivity contribution in [1.29, 1.82) is 0 Å². The number of fused-ring (bicyclic) bond motifs is 3. The minimum absolute atomic E-state index is 0.0882. The van der Waals surface area contributed by atoms with Crippen molar-refractivity contribution in [2.75, 3.05) is 0 Å². The molecule has 0 spiro atoms. The maximum Gasteiger partial charge on any atom is 0.358 e. The predicted octanol–water partition coefficient (Wildman–Crippen LogP) is 4.73. The van der Waals surface area contributed by atoms with Crippen molar-refractivity contribution < 1.29 is 14.4 Å². The highest BCUT2D eigenvalue weighted by atomic mass is 16.5. The van der Waals surface area contributed by atoms with Crippen molar-refractivity contribution in [2.24, 2.45) is 0 Å². The van der Waals surface area contributed by atoms with Crippen LogP contribution in [0.3, 0.4) is 0 Å². The zero-order valence-electron chi connectivity index (χ0n) is 13.4. The average molecular weight is 320 g/mol. The van der Waals surface area contributed by atoms with Gasteiger partial charge in [-0.1, -0.05) is 23.4 Å². The molecule has 0 fully saturated rings. The van der Waals surface area contributed by atoms with Crippen LogP contribution in [-0.4, -0.2) is 20.8 Å². The number of carbonyl (C=O) groups is 1. The lowest BCUT2D eigenvalue weighted by atomic mass is 10.1. The largest absolute Gasteiger partial charge is 0.476 e. The van der Waals surface area contributed by atoms with Crippen LogP contribution >= 0.6 is 0 Å². The summed E-state index contributed by atoms with van der Waals surface area (Å²) >= 11 is 0. The number of para-hydroxylation sites is 1. The van der Waals surface area contributed by atoms with Gasteiger partial charge >= 0.3 is 5.97 Å². The van der Waals surface area contributed by atoms with Gasteiger partial charge in [0.05, 0.1) is 0 Å². The Bertz CT molecular complexity index is 1070. The molecule has 0 aliphatic rings. The van der Waals surface area contributed by atoms with Crippen LogP contribution < -0.4 is 0 Å². The lowest BCUT2D eigenvalue weighted by molar-refractivity contribution is 0.0686. The molecule has 0 saturated heterocycles. The first-order chi connectivity index (χ1) is 11.6. The van der Waals surface area contributed by atoms with Crippen molar-refractivity contribution in [2.45, 2.75) is 19.9 Å². The Labute approximate surface area is 138 Å². The van der Waals surface area contributed by atoms with Crippen LogP contribution in [0.15, 0.2) is 53.1 Å². The van der Waals surface area contributed by atoms with Crippen LogP contribution in [-0.2, 0) is 0 Å². The van der Waals surface area contributed by atoms with E-state index in [4.69, 9.17) is 9.63 Å². The molecular formula is C19H16N2O3. The Hall–Kier alpha value is -3.08. The van der Waals surface area contributed by atoms with E-state index >= 15 is 0 Å². The normalized spacial score (nSPS) is 11.6. The Kier molecular flexibility index (Phi) is 3.16. The van der Waals surface area contributed by atoms with Crippen molar-refractivity contribution in [3.05, 3.63) is 54.2 Å². The number of benzene rings is 2. The summed E-state index contributed by atoms with van der Waals surface area (Å²) in [5, 5.41) is 14.9. The van der Waals surface area contributed by atoms with Gasteiger partial charge < -0.3 is 14.2 Å². The molecular weight excluding hydrogens is 304 g/mol. The molecule has 4 rings (SSSR count). The quantitative estimate of drug-likeness (QED) is 0.592. The molecule has 5 nitrogen and oxygen atoms in total. The summed E-state index contributed by atoms with van der Waals surface area (Å²) in [6.45, 7) is 4.32. The maximum atomic E-state index is 11.0. The van der Waals surface area contributed by atoms with Crippen LogP contribution in [0.4, 0.5) is 0 Å². The first kappa shape index (κ1) is 14.5. The monoisotopic (exact) mass is 320 g/mol. The second-order valence-electron chi connectivity index (χ2n) is 6.09. The molecule has 0 bridgehead atoms. The molecule has 0 atom stereocenters. The van der Waals surface area contributed by atoms with Crippen LogP contribution in [0.1, 0.15) is 30.4 Å². The third-order valence-corrected chi connectivity index (χ3v) is 4.24. The highest BCUT2D eigenvalue weighted by Crippen LogP contribution is 2.34. The van der Waals surface area contributed by atoms with Crippen LogP contribution in [0, 0.1) is 0 Å². The van der Waals surface area contributed by atoms with Crippen LogP contribution in [0.5, 0.6) is 0 Å². The Balaban J connectivity index is 1.98. The minimum Gasteiger partial charge on any atom is -0.476 e. The fourth-order valence-corrected chi connectivity index (χ4v) is 3.22. The second kappa shape index (κ2) is 5.23. The number of carboxylic acids is 1. The van der Waals surface area contributed by atoms with Gasteiger partial charge in [-0.05, 0) is 38.1 Å². The predicted molar refractivity (Wildman–Crippen MR) is 92.3 cm³/mol. The van der Waals surface area contributed by atoms with E-state index in [-0.39, 0.29) is 5.69 Å². The summed E-state index contributed by atoms with van der Waals surface area (Å²) in [5.41, 5.74) is 3.06. The molecule has 4 aromatic rings. The first-order valence-electron chi connectivity index (χ1n) is 7.79. The number of aromatic carboxylic acids is 1. The molecule has 0 unspecified atom stereocenters. The second-order valence-corrected chi connectivity index (χ2v) is 6.09. The van der Waals surface area contributed by atoms with Crippen molar-refractivity contribution in [3.8, 4) is 11.3 Å². The Morgan fingerprint density at radius 2 is 1.83 bits per heavy atom. The molecule has 2 aromatic carbocycles. The lowest BCUT2D eigenvalue weighted by Gasteiger charge is -2.11. The highest BCUT2D eigenvalue weighted by Gasteiger charge is 2.16. The maximum absolute atomic E-state index is 11.0. The molecule has 0 amide bonds. The van der Waals surface area contributed by atoms with Crippen molar-refractivity contribution >= 4 is 27.8 Å². The van der Waals surface area contributed by atoms with Gasteiger partial charge in [0, 0.05) is 39.5 Å². The smallest absolute Gasteiger partial charge is 0.358 e. The Morgan fingerprint density at radius 1 is 1.08 bits per heavy atom. The van der Waals surface area contributed by atoms with E-state index in [9.17, 15) is 4.79 Å². The SMILES string of the molecule is CC(C)n1c2ccccc2c2cc(-c3cc(C(=O)O)no3)ccc21. The van der Waals surface area contributed by atoms with Gasteiger partial charge in [-0.3, -0.25) is 0 Å². The number of hydrogen-bond donors (Lipinski definition) is 1. The van der Waals surface area contributed by atoms with E-state index in [2.05, 4.69) is 35.7 Å². The van der Waals surface area contributed by atoms with E-state index in [1.807, 2.05) is 30.3 Å². The molecule has 0 saturated carbocycles. The van der Waals surface area contributed by atoms with E-state index in [1.54, 1.807) is 0 Å². The average Bonchev–Trinajstić information content (AvgIpc) is 3.17. The third-order valence-electron chi connectivity index (χ3n) is 4.24. The summed E-state index contributed by atoms with van der Waals surface area (Å²) in [4.78, 5) is 11.0. The minimum atomic E-state index is -1.09. The zero-order chi connectivity index (χ0) is 16.8. The molecule has 24 heavy (non-hydrogen) atoms. The molecule has 0 radical (unpaired) electrons. The fourth-order valence-electron chi connectivity index (χ4n) is 3.22. The zero-order valence-corrected chi connectivity index (χ0v) is 13.4. The summed E-state index contributed by atoms with van der Waals surface area (Å²) in [5.74, 6) is -0.641. The van der Waals surface area contributed by atoms with Crippen LogP contribution in [0.2, 0.25) is 0 Å². The summed E-state index contributed by atoms with van der Waals surface area (Å²) in [6, 6.07) is 16.1. The molecule has 0 aliphatic carbocycles. The van der Waals surface area contributed by atoms with Gasteiger partial charge in [0.1, 0.15) is 0 Å². The summed E-state index contributed by atoms with van der Waals surface area (Å²) in [6.07, 6.45) is 0. The fraction of sp³-hybridized carbons (Fsp3) is 0.158. The number of rotatable bonds is 3. The summed E-state index contributed by atoms with van der Waals surface area (Å²) in [7, 11) is 0. The van der Waals surface area contributed by atoms with Gasteiger partial charge in [-0.25, -0.2) is 4.79 Å². The topological polar surface area (TPSA) is 68.3 Å². The van der Waals surface area contributed by atoms with Crippen LogP contribution in [0.25, 0.3) is 33.1 Å². The number of aromatic nitrogens is 2. The first-order valence-corrected chi connectivity index (χ1v) is 7.79. The van der Waals surface area contributed by atoms with Gasteiger partial charge in [0.25, 0.3) is 0 Å². The number of hydrogen-bond acceptors (Lipinski definition) is 3. The molecule has 2 heterocycles. The van der Waals surface area contributed by atoms with Crippen molar-refractivity contribution in [3.63, 3.8) is 0 Å². The molecule has 5 heteroatoms. The van der Waals surface area contributed by atoms with E-state index < -0.39 is 5.97 Å². The standard InChI is InChI=1S/C19H16N2O3/c1-11(2)21-16-6-4-3-5-13(16)14-9-12(7-8-17(14)21)18-10-15(19(22)23)20-24-18/h3-11H,1-2H3,(H,22,23). The number of carboxylic acid groups (broad SMARTS) is 1. The molecule has 2 aromatic heterocycles. The lowest BCUT2D eigenvalue weighted by Crippen LogP contribution is -1.99. The molecule has 120 valence electrons. The van der Waals surface area contributed by atoms with E-state index in [0.29, 0.717) is 11.8 Å². The van der Waals surface area contributed by atoms with E-state index in [1.165, 1.54) is 17.0 Å². The Morgan fingerprint density at radius 3 is 2.54 bits per heavy atom. The summed E-state index contributed by atoms with van der Waals surface area (Å²) < 4.78 is 7.49. The van der Waals surface area contributed by atoms with Gasteiger partial charge in [0.2, 0.25) is 0 Å².